The Morgan fingerprint density at radius 3 is 2.57 bits per heavy atom. The molecule has 4 aromatic rings. The minimum Gasteiger partial charge on any atom is -0.497 e. The molecule has 1 heterocycles. The topological polar surface area (TPSA) is 75.0 Å². The van der Waals surface area contributed by atoms with Crippen molar-refractivity contribution in [3.8, 4) is 28.4 Å². The van der Waals surface area contributed by atoms with Gasteiger partial charge in [0.2, 0.25) is 0 Å². The van der Waals surface area contributed by atoms with Crippen LogP contribution in [0.4, 0.5) is 0 Å². The van der Waals surface area contributed by atoms with Crippen molar-refractivity contribution in [1.29, 1.82) is 0 Å². The van der Waals surface area contributed by atoms with Crippen LogP contribution in [0.2, 0.25) is 0 Å². The molecule has 0 atom stereocenters. The Balaban J connectivity index is 1.60. The summed E-state index contributed by atoms with van der Waals surface area (Å²) in [5.41, 5.74) is 2.94. The van der Waals surface area contributed by atoms with Crippen LogP contribution in [0.3, 0.4) is 0 Å². The molecule has 6 nitrogen and oxygen atoms in total. The Labute approximate surface area is 176 Å². The second kappa shape index (κ2) is 8.42. The van der Waals surface area contributed by atoms with Gasteiger partial charge in [0.25, 0.3) is 0 Å². The van der Waals surface area contributed by atoms with Gasteiger partial charge in [-0.05, 0) is 42.8 Å². The van der Waals surface area contributed by atoms with Gasteiger partial charge in [0, 0.05) is 11.6 Å². The lowest BCUT2D eigenvalue weighted by Gasteiger charge is -2.10. The summed E-state index contributed by atoms with van der Waals surface area (Å²) < 4.78 is 22.2. The fraction of sp³-hybridized carbons (Fsp3) is 0.130. The summed E-state index contributed by atoms with van der Waals surface area (Å²) in [6, 6.07) is 18.0. The van der Waals surface area contributed by atoms with Gasteiger partial charge in [0.1, 0.15) is 17.2 Å². The van der Waals surface area contributed by atoms with E-state index in [0.717, 1.165) is 22.5 Å². The highest BCUT2D eigenvalue weighted by Gasteiger charge is 2.15. The van der Waals surface area contributed by atoms with Crippen LogP contribution in [0.15, 0.2) is 69.9 Å². The van der Waals surface area contributed by atoms with Gasteiger partial charge in [-0.25, -0.2) is 9.59 Å². The molecule has 3 aromatic carbocycles. The fourth-order valence-corrected chi connectivity index (χ4v) is 3.68. The van der Waals surface area contributed by atoms with E-state index in [-0.39, 0.29) is 6.61 Å². The molecule has 0 fully saturated rings. The second-order valence-electron chi connectivity index (χ2n) is 6.56. The molecular formula is C23H18O6S. The van der Waals surface area contributed by atoms with Gasteiger partial charge >= 0.3 is 10.9 Å². The van der Waals surface area contributed by atoms with Crippen molar-refractivity contribution in [3.05, 3.63) is 76.0 Å². The number of fused-ring (bicyclic) bond motifs is 1. The van der Waals surface area contributed by atoms with Crippen molar-refractivity contribution in [2.75, 3.05) is 13.7 Å². The maximum atomic E-state index is 12.3. The van der Waals surface area contributed by atoms with Crippen LogP contribution < -0.4 is 19.1 Å². The lowest BCUT2D eigenvalue weighted by Crippen LogP contribution is -2.17. The molecule has 0 N–H and O–H groups in total. The van der Waals surface area contributed by atoms with E-state index in [4.69, 9.17) is 18.6 Å². The number of hydrogen-bond donors (Lipinski definition) is 0. The van der Waals surface area contributed by atoms with Gasteiger partial charge in [-0.15, -0.1) is 0 Å². The largest absolute Gasteiger partial charge is 0.497 e. The van der Waals surface area contributed by atoms with Crippen LogP contribution in [-0.4, -0.2) is 19.7 Å². The highest BCUT2D eigenvalue weighted by molar-refractivity contribution is 7.16. The highest BCUT2D eigenvalue weighted by atomic mass is 32.1. The van der Waals surface area contributed by atoms with E-state index < -0.39 is 10.9 Å². The van der Waals surface area contributed by atoms with Gasteiger partial charge in [0.15, 0.2) is 12.2 Å². The Kier molecular flexibility index (Phi) is 5.54. The zero-order valence-electron chi connectivity index (χ0n) is 16.3. The molecule has 30 heavy (non-hydrogen) atoms. The summed E-state index contributed by atoms with van der Waals surface area (Å²) in [6.45, 7) is 1.73. The average Bonchev–Trinajstić information content (AvgIpc) is 3.12. The highest BCUT2D eigenvalue weighted by Crippen LogP contribution is 2.35. The Morgan fingerprint density at radius 2 is 1.80 bits per heavy atom. The lowest BCUT2D eigenvalue weighted by atomic mass is 10.0. The number of carbonyl (C=O) groups is 1. The van der Waals surface area contributed by atoms with Gasteiger partial charge in [-0.2, -0.15) is 0 Å². The molecule has 0 saturated heterocycles. The second-order valence-corrected chi connectivity index (χ2v) is 7.54. The number of ether oxygens (including phenoxy) is 3. The van der Waals surface area contributed by atoms with Crippen LogP contribution in [0.5, 0.6) is 17.2 Å². The van der Waals surface area contributed by atoms with E-state index in [2.05, 4.69) is 0 Å². The summed E-state index contributed by atoms with van der Waals surface area (Å²) in [4.78, 5) is 23.7. The molecule has 0 aliphatic rings. The molecule has 0 aliphatic heterocycles. The summed E-state index contributed by atoms with van der Waals surface area (Å²) in [6.07, 6.45) is 0. The minimum absolute atomic E-state index is 0.239. The van der Waals surface area contributed by atoms with Crippen molar-refractivity contribution >= 4 is 27.6 Å². The first kappa shape index (κ1) is 19.7. The Hall–Kier alpha value is -3.58. The van der Waals surface area contributed by atoms with Gasteiger partial charge < -0.3 is 18.6 Å². The number of aryl methyl sites for hydroxylation is 1. The molecule has 0 bridgehead atoms. The van der Waals surface area contributed by atoms with Gasteiger partial charge in [-0.1, -0.05) is 41.2 Å². The smallest absolute Gasteiger partial charge is 0.396 e. The predicted molar refractivity (Wildman–Crippen MR) is 115 cm³/mol. The molecule has 0 radical (unpaired) electrons. The van der Waals surface area contributed by atoms with Gasteiger partial charge in [0.05, 0.1) is 11.8 Å². The first-order valence-electron chi connectivity index (χ1n) is 9.14. The van der Waals surface area contributed by atoms with Crippen molar-refractivity contribution < 1.29 is 23.4 Å². The number of carbonyl (C=O) groups excluding carboxylic acids is 1. The zero-order chi connectivity index (χ0) is 21.1. The standard InChI is InChI=1S/C23H18O6S/c1-14-6-8-16(9-7-14)27-13-21(24)28-18-11-19(15-4-3-5-17(10-15)26-2)22-20(12-18)30-23(25)29-22/h3-12H,13H2,1-2H3. The molecule has 0 unspecified atom stereocenters. The molecule has 7 heteroatoms. The van der Waals surface area contributed by atoms with Crippen LogP contribution in [0.1, 0.15) is 5.56 Å². The van der Waals surface area contributed by atoms with E-state index in [1.165, 1.54) is 0 Å². The molecule has 4 rings (SSSR count). The minimum atomic E-state index is -0.553. The molecule has 0 spiro atoms. The number of benzene rings is 3. The summed E-state index contributed by atoms with van der Waals surface area (Å²) in [5, 5.41) is 0. The SMILES string of the molecule is COc1cccc(-c2cc(OC(=O)COc3ccc(C)cc3)cc3sc(=O)oc23)c1. The van der Waals surface area contributed by atoms with E-state index in [0.29, 0.717) is 33.1 Å². The quantitative estimate of drug-likeness (QED) is 0.327. The third kappa shape index (κ3) is 4.36. The molecule has 152 valence electrons. The molecular weight excluding hydrogens is 404 g/mol. The van der Waals surface area contributed by atoms with Crippen molar-refractivity contribution in [2.45, 2.75) is 6.92 Å². The zero-order valence-corrected chi connectivity index (χ0v) is 17.2. The first-order chi connectivity index (χ1) is 14.5. The van der Waals surface area contributed by atoms with Crippen molar-refractivity contribution in [2.24, 2.45) is 0 Å². The molecule has 1 aromatic heterocycles. The van der Waals surface area contributed by atoms with E-state index in [1.54, 1.807) is 31.4 Å². The molecule has 0 saturated carbocycles. The number of methoxy groups -OCH3 is 1. The third-order valence-corrected chi connectivity index (χ3v) is 5.17. The maximum Gasteiger partial charge on any atom is 0.396 e. The van der Waals surface area contributed by atoms with Crippen LogP contribution >= 0.6 is 11.3 Å². The van der Waals surface area contributed by atoms with Crippen LogP contribution in [-0.2, 0) is 4.79 Å². The lowest BCUT2D eigenvalue weighted by molar-refractivity contribution is -0.136. The average molecular weight is 422 g/mol. The maximum absolute atomic E-state index is 12.3. The molecule has 0 aliphatic carbocycles. The first-order valence-corrected chi connectivity index (χ1v) is 9.96. The van der Waals surface area contributed by atoms with Gasteiger partial charge in [-0.3, -0.25) is 0 Å². The van der Waals surface area contributed by atoms with E-state index in [9.17, 15) is 9.59 Å². The third-order valence-electron chi connectivity index (χ3n) is 4.40. The van der Waals surface area contributed by atoms with Crippen LogP contribution in [0.25, 0.3) is 21.4 Å². The summed E-state index contributed by atoms with van der Waals surface area (Å²) >= 11 is 0.948. The van der Waals surface area contributed by atoms with Crippen molar-refractivity contribution in [3.63, 3.8) is 0 Å². The normalized spacial score (nSPS) is 10.7. The summed E-state index contributed by atoms with van der Waals surface area (Å²) in [5.74, 6) is 0.988. The molecule has 0 amide bonds. The number of rotatable bonds is 6. The number of hydrogen-bond acceptors (Lipinski definition) is 7. The van der Waals surface area contributed by atoms with E-state index >= 15 is 0 Å². The number of esters is 1. The monoisotopic (exact) mass is 422 g/mol. The Bertz CT molecular complexity index is 1250. The van der Waals surface area contributed by atoms with Crippen molar-refractivity contribution in [1.82, 2.24) is 0 Å². The van der Waals surface area contributed by atoms with E-state index in [1.807, 2.05) is 43.3 Å². The summed E-state index contributed by atoms with van der Waals surface area (Å²) in [7, 11) is 1.58. The fourth-order valence-electron chi connectivity index (χ4n) is 2.95. The predicted octanol–water partition coefficient (Wildman–Crippen LogP) is 4.82. The van der Waals surface area contributed by atoms with Crippen LogP contribution in [0, 0.1) is 6.92 Å². The Morgan fingerprint density at radius 1 is 1.00 bits per heavy atom.